The Balaban J connectivity index is 2.09. The number of hydrogen-bond donors (Lipinski definition) is 1. The first-order valence-electron chi connectivity index (χ1n) is 5.19. The van der Waals surface area contributed by atoms with Gasteiger partial charge in [-0.05, 0) is 18.1 Å². The third-order valence-corrected chi connectivity index (χ3v) is 2.55. The topological polar surface area (TPSA) is 55.4 Å². The quantitative estimate of drug-likeness (QED) is 0.752. The van der Waals surface area contributed by atoms with Crippen molar-refractivity contribution in [2.24, 2.45) is 0 Å². The maximum Gasteiger partial charge on any atom is 0.302 e. The van der Waals surface area contributed by atoms with E-state index in [1.54, 1.807) is 6.07 Å². The van der Waals surface area contributed by atoms with Gasteiger partial charge in [-0.15, -0.1) is 0 Å². The van der Waals surface area contributed by atoms with Gasteiger partial charge in [0.05, 0.1) is 6.04 Å². The predicted molar refractivity (Wildman–Crippen MR) is 58.0 cm³/mol. The van der Waals surface area contributed by atoms with Crippen LogP contribution in [0.5, 0.6) is 0 Å². The highest BCUT2D eigenvalue weighted by atomic mass is 16.5. The van der Waals surface area contributed by atoms with Gasteiger partial charge in [-0.25, -0.2) is 0 Å². The van der Waals surface area contributed by atoms with Crippen LogP contribution in [0, 0.1) is 0 Å². The Morgan fingerprint density at radius 3 is 3.00 bits per heavy atom. The van der Waals surface area contributed by atoms with Crippen molar-refractivity contribution in [1.29, 1.82) is 0 Å². The lowest BCUT2D eigenvalue weighted by molar-refractivity contribution is -0.141. The van der Waals surface area contributed by atoms with E-state index in [2.05, 4.69) is 5.32 Å². The maximum atomic E-state index is 11.7. The van der Waals surface area contributed by atoms with Crippen LogP contribution in [0.15, 0.2) is 24.3 Å². The van der Waals surface area contributed by atoms with Crippen LogP contribution in [0.3, 0.4) is 0 Å². The van der Waals surface area contributed by atoms with Gasteiger partial charge in [0.25, 0.3) is 5.91 Å². The number of nitrogens with one attached hydrogen (secondary N) is 1. The molecule has 1 N–H and O–H groups in total. The summed E-state index contributed by atoms with van der Waals surface area (Å²) >= 11 is 0. The van der Waals surface area contributed by atoms with Gasteiger partial charge in [0.1, 0.15) is 6.61 Å². The number of carbonyl (C=O) groups is 2. The molecule has 2 rings (SSSR count). The molecular weight excluding hydrogens is 206 g/mol. The highest BCUT2D eigenvalue weighted by Crippen LogP contribution is 2.16. The molecule has 0 aromatic heterocycles. The summed E-state index contributed by atoms with van der Waals surface area (Å²) in [5.74, 6) is -0.424. The standard InChI is InChI=1S/C12H13NO3/c1-8(14)16-7-10-6-9-4-2-3-5-11(9)12(15)13-10/h2-5,10H,6-7H2,1H3,(H,13,15). The molecule has 84 valence electrons. The zero-order chi connectivity index (χ0) is 11.5. The molecule has 0 spiro atoms. The van der Waals surface area contributed by atoms with Gasteiger partial charge in [-0.3, -0.25) is 9.59 Å². The fraction of sp³-hybridized carbons (Fsp3) is 0.333. The highest BCUT2D eigenvalue weighted by molar-refractivity contribution is 5.97. The highest BCUT2D eigenvalue weighted by Gasteiger charge is 2.24. The molecule has 1 heterocycles. The lowest BCUT2D eigenvalue weighted by Crippen LogP contribution is -2.44. The van der Waals surface area contributed by atoms with E-state index in [-0.39, 0.29) is 24.5 Å². The molecule has 1 amide bonds. The van der Waals surface area contributed by atoms with Crippen LogP contribution in [0.1, 0.15) is 22.8 Å². The van der Waals surface area contributed by atoms with Crippen LogP contribution in [0.2, 0.25) is 0 Å². The van der Waals surface area contributed by atoms with Gasteiger partial charge in [-0.2, -0.15) is 0 Å². The second-order valence-corrected chi connectivity index (χ2v) is 3.83. The Morgan fingerprint density at radius 1 is 1.50 bits per heavy atom. The summed E-state index contributed by atoms with van der Waals surface area (Å²) in [6, 6.07) is 7.35. The summed E-state index contributed by atoms with van der Waals surface area (Å²) in [5.41, 5.74) is 1.71. The Bertz CT molecular complexity index is 428. The molecule has 16 heavy (non-hydrogen) atoms. The van der Waals surface area contributed by atoms with Crippen molar-refractivity contribution in [1.82, 2.24) is 5.32 Å². The Hall–Kier alpha value is -1.84. The van der Waals surface area contributed by atoms with E-state index >= 15 is 0 Å². The molecule has 0 saturated heterocycles. The summed E-state index contributed by atoms with van der Waals surface area (Å²) in [6.45, 7) is 1.59. The van der Waals surface area contributed by atoms with E-state index < -0.39 is 0 Å². The second-order valence-electron chi connectivity index (χ2n) is 3.83. The van der Waals surface area contributed by atoms with Crippen molar-refractivity contribution in [3.05, 3.63) is 35.4 Å². The molecule has 1 aromatic rings. The van der Waals surface area contributed by atoms with E-state index in [1.165, 1.54) is 6.92 Å². The number of benzene rings is 1. The summed E-state index contributed by atoms with van der Waals surface area (Å²) in [4.78, 5) is 22.4. The van der Waals surface area contributed by atoms with E-state index in [0.717, 1.165) is 5.56 Å². The Labute approximate surface area is 93.6 Å². The average Bonchev–Trinajstić information content (AvgIpc) is 2.26. The average molecular weight is 219 g/mol. The first-order chi connectivity index (χ1) is 7.66. The van der Waals surface area contributed by atoms with Gasteiger partial charge < -0.3 is 10.1 Å². The van der Waals surface area contributed by atoms with E-state index in [1.807, 2.05) is 18.2 Å². The third-order valence-electron chi connectivity index (χ3n) is 2.55. The van der Waals surface area contributed by atoms with E-state index in [0.29, 0.717) is 12.0 Å². The SMILES string of the molecule is CC(=O)OCC1Cc2ccccc2C(=O)N1. The van der Waals surface area contributed by atoms with Crippen LogP contribution in [-0.4, -0.2) is 24.5 Å². The number of amides is 1. The lowest BCUT2D eigenvalue weighted by Gasteiger charge is -2.24. The number of fused-ring (bicyclic) bond motifs is 1. The molecule has 1 unspecified atom stereocenters. The van der Waals surface area contributed by atoms with Crippen molar-refractivity contribution >= 4 is 11.9 Å². The fourth-order valence-electron chi connectivity index (χ4n) is 1.82. The lowest BCUT2D eigenvalue weighted by atomic mass is 9.96. The summed E-state index contributed by atoms with van der Waals surface area (Å²) in [7, 11) is 0. The molecule has 0 aliphatic carbocycles. The number of ether oxygens (including phenoxy) is 1. The first kappa shape index (κ1) is 10.7. The van der Waals surface area contributed by atoms with Crippen molar-refractivity contribution in [3.63, 3.8) is 0 Å². The van der Waals surface area contributed by atoms with Crippen LogP contribution in [0.25, 0.3) is 0 Å². The summed E-state index contributed by atoms with van der Waals surface area (Å²) < 4.78 is 4.89. The van der Waals surface area contributed by atoms with Crippen molar-refractivity contribution in [2.75, 3.05) is 6.61 Å². The number of carbonyl (C=O) groups excluding carboxylic acids is 2. The molecule has 0 saturated carbocycles. The van der Waals surface area contributed by atoms with Gasteiger partial charge in [-0.1, -0.05) is 18.2 Å². The predicted octanol–water partition coefficient (Wildman–Crippen LogP) is 0.904. The van der Waals surface area contributed by atoms with Crippen molar-refractivity contribution < 1.29 is 14.3 Å². The number of hydrogen-bond acceptors (Lipinski definition) is 3. The normalized spacial score (nSPS) is 18.6. The van der Waals surface area contributed by atoms with Crippen LogP contribution >= 0.6 is 0 Å². The smallest absolute Gasteiger partial charge is 0.302 e. The molecule has 1 aliphatic rings. The molecular formula is C12H13NO3. The van der Waals surface area contributed by atoms with E-state index in [9.17, 15) is 9.59 Å². The summed E-state index contributed by atoms with van der Waals surface area (Å²) in [6.07, 6.45) is 0.704. The zero-order valence-electron chi connectivity index (χ0n) is 9.03. The van der Waals surface area contributed by atoms with Gasteiger partial charge in [0.15, 0.2) is 0 Å². The van der Waals surface area contributed by atoms with Gasteiger partial charge >= 0.3 is 5.97 Å². The molecule has 1 aliphatic heterocycles. The van der Waals surface area contributed by atoms with E-state index in [4.69, 9.17) is 4.74 Å². The van der Waals surface area contributed by atoms with Crippen LogP contribution in [0.4, 0.5) is 0 Å². The largest absolute Gasteiger partial charge is 0.464 e. The molecule has 1 atom stereocenters. The van der Waals surface area contributed by atoms with Crippen LogP contribution in [-0.2, 0) is 16.0 Å². The zero-order valence-corrected chi connectivity index (χ0v) is 9.03. The second kappa shape index (κ2) is 4.35. The molecule has 0 radical (unpaired) electrons. The minimum atomic E-state index is -0.326. The maximum absolute atomic E-state index is 11.7. The Kier molecular flexibility index (Phi) is 2.90. The minimum Gasteiger partial charge on any atom is -0.464 e. The summed E-state index contributed by atoms with van der Waals surface area (Å²) in [5, 5.41) is 2.81. The number of esters is 1. The van der Waals surface area contributed by atoms with Crippen molar-refractivity contribution in [3.8, 4) is 0 Å². The molecule has 0 bridgehead atoms. The number of rotatable bonds is 2. The third kappa shape index (κ3) is 2.21. The molecule has 1 aromatic carbocycles. The first-order valence-corrected chi connectivity index (χ1v) is 5.19. The van der Waals surface area contributed by atoms with Gasteiger partial charge in [0, 0.05) is 12.5 Å². The monoisotopic (exact) mass is 219 g/mol. The fourth-order valence-corrected chi connectivity index (χ4v) is 1.82. The molecule has 4 nitrogen and oxygen atoms in total. The van der Waals surface area contributed by atoms with Crippen LogP contribution < -0.4 is 5.32 Å². The van der Waals surface area contributed by atoms with Crippen molar-refractivity contribution in [2.45, 2.75) is 19.4 Å². The Morgan fingerprint density at radius 2 is 2.25 bits per heavy atom. The van der Waals surface area contributed by atoms with Gasteiger partial charge in [0.2, 0.25) is 0 Å². The molecule has 0 fully saturated rings. The molecule has 4 heteroatoms. The minimum absolute atomic E-state index is 0.0981.